The molecular formula is C13H23N3. The number of nitrogens with zero attached hydrogens (tertiary/aromatic N) is 2. The maximum Gasteiger partial charge on any atom is 0.202 e. The predicted octanol–water partition coefficient (Wildman–Crippen LogP) is 3.14. The van der Waals surface area contributed by atoms with E-state index in [0.29, 0.717) is 5.92 Å². The number of rotatable bonds is 5. The Hall–Kier alpha value is -0.990. The van der Waals surface area contributed by atoms with Gasteiger partial charge in [-0.25, -0.2) is 4.98 Å². The average Bonchev–Trinajstić information content (AvgIpc) is 2.84. The second kappa shape index (κ2) is 5.37. The predicted molar refractivity (Wildman–Crippen MR) is 67.5 cm³/mol. The fraction of sp³-hybridized carbons (Fsp3) is 0.769. The van der Waals surface area contributed by atoms with Gasteiger partial charge in [-0.3, -0.25) is 0 Å². The van der Waals surface area contributed by atoms with Crippen LogP contribution in [0.3, 0.4) is 0 Å². The van der Waals surface area contributed by atoms with E-state index in [1.165, 1.54) is 25.7 Å². The van der Waals surface area contributed by atoms with Gasteiger partial charge in [-0.2, -0.15) is 0 Å². The lowest BCUT2D eigenvalue weighted by molar-refractivity contribution is 0.521. The molecule has 0 bridgehead atoms. The third-order valence-corrected chi connectivity index (χ3v) is 3.30. The molecule has 1 aromatic heterocycles. The van der Waals surface area contributed by atoms with Crippen LogP contribution in [0.2, 0.25) is 0 Å². The lowest BCUT2D eigenvalue weighted by atomic mass is 10.1. The van der Waals surface area contributed by atoms with Crippen LogP contribution in [-0.4, -0.2) is 16.1 Å². The van der Waals surface area contributed by atoms with Crippen molar-refractivity contribution in [2.24, 2.45) is 11.8 Å². The van der Waals surface area contributed by atoms with Crippen molar-refractivity contribution in [1.82, 2.24) is 9.55 Å². The van der Waals surface area contributed by atoms with Gasteiger partial charge in [0.25, 0.3) is 0 Å². The van der Waals surface area contributed by atoms with Gasteiger partial charge in [0.15, 0.2) is 0 Å². The molecule has 1 fully saturated rings. The Morgan fingerprint density at radius 3 is 2.88 bits per heavy atom. The Kier molecular flexibility index (Phi) is 3.86. The zero-order valence-electron chi connectivity index (χ0n) is 10.4. The summed E-state index contributed by atoms with van der Waals surface area (Å²) >= 11 is 0. The van der Waals surface area contributed by atoms with Gasteiger partial charge < -0.3 is 9.88 Å². The van der Waals surface area contributed by atoms with E-state index in [1.807, 2.05) is 6.20 Å². The molecule has 1 heterocycles. The maximum atomic E-state index is 4.38. The molecule has 1 aliphatic carbocycles. The van der Waals surface area contributed by atoms with Crippen LogP contribution in [0.4, 0.5) is 5.95 Å². The van der Waals surface area contributed by atoms with Crippen molar-refractivity contribution in [2.45, 2.75) is 46.1 Å². The number of hydrogen-bond donors (Lipinski definition) is 1. The monoisotopic (exact) mass is 221 g/mol. The first-order chi connectivity index (χ1) is 7.75. The van der Waals surface area contributed by atoms with Gasteiger partial charge >= 0.3 is 0 Å². The quantitative estimate of drug-likeness (QED) is 0.827. The van der Waals surface area contributed by atoms with Crippen LogP contribution in [0, 0.1) is 11.8 Å². The topological polar surface area (TPSA) is 29.9 Å². The van der Waals surface area contributed by atoms with E-state index in [-0.39, 0.29) is 0 Å². The van der Waals surface area contributed by atoms with E-state index in [9.17, 15) is 0 Å². The molecule has 2 rings (SSSR count). The molecule has 1 aromatic rings. The number of anilines is 1. The molecule has 0 radical (unpaired) electrons. The SMILES string of the molecule is CC(C)Cn1ccnc1NCC1CCCC1. The summed E-state index contributed by atoms with van der Waals surface area (Å²) in [6.07, 6.45) is 9.55. The molecule has 0 unspecified atom stereocenters. The summed E-state index contributed by atoms with van der Waals surface area (Å²) < 4.78 is 2.22. The molecule has 0 atom stereocenters. The highest BCUT2D eigenvalue weighted by atomic mass is 15.2. The van der Waals surface area contributed by atoms with Crippen LogP contribution < -0.4 is 5.32 Å². The molecule has 1 saturated carbocycles. The van der Waals surface area contributed by atoms with E-state index in [2.05, 4.69) is 34.9 Å². The van der Waals surface area contributed by atoms with Gasteiger partial charge in [0, 0.05) is 25.5 Å². The van der Waals surface area contributed by atoms with Crippen LogP contribution in [0.1, 0.15) is 39.5 Å². The number of nitrogens with one attached hydrogen (secondary N) is 1. The van der Waals surface area contributed by atoms with E-state index >= 15 is 0 Å². The number of aromatic nitrogens is 2. The Balaban J connectivity index is 1.85. The number of imidazole rings is 1. The minimum atomic E-state index is 0.668. The highest BCUT2D eigenvalue weighted by Gasteiger charge is 2.15. The molecule has 0 aromatic carbocycles. The van der Waals surface area contributed by atoms with Gasteiger partial charge in [-0.1, -0.05) is 26.7 Å². The van der Waals surface area contributed by atoms with Gasteiger partial charge in [0.2, 0.25) is 5.95 Å². The molecule has 1 aliphatic rings. The third-order valence-electron chi connectivity index (χ3n) is 3.30. The van der Waals surface area contributed by atoms with Gasteiger partial charge in [-0.15, -0.1) is 0 Å². The molecule has 0 spiro atoms. The normalized spacial score (nSPS) is 17.2. The standard InChI is InChI=1S/C13H23N3/c1-11(2)10-16-8-7-14-13(16)15-9-12-5-3-4-6-12/h7-8,11-12H,3-6,9-10H2,1-2H3,(H,14,15). The fourth-order valence-electron chi connectivity index (χ4n) is 2.47. The van der Waals surface area contributed by atoms with Gasteiger partial charge in [0.05, 0.1) is 0 Å². The minimum Gasteiger partial charge on any atom is -0.355 e. The lowest BCUT2D eigenvalue weighted by Crippen LogP contribution is -2.15. The summed E-state index contributed by atoms with van der Waals surface area (Å²) in [5, 5.41) is 3.49. The van der Waals surface area contributed by atoms with E-state index in [0.717, 1.165) is 25.0 Å². The molecule has 16 heavy (non-hydrogen) atoms. The van der Waals surface area contributed by atoms with Crippen molar-refractivity contribution < 1.29 is 0 Å². The highest BCUT2D eigenvalue weighted by molar-refractivity contribution is 5.25. The van der Waals surface area contributed by atoms with Crippen molar-refractivity contribution in [3.63, 3.8) is 0 Å². The Labute approximate surface area is 98.3 Å². The molecule has 0 aliphatic heterocycles. The molecule has 0 amide bonds. The Bertz CT molecular complexity index is 311. The third kappa shape index (κ3) is 3.00. The lowest BCUT2D eigenvalue weighted by Gasteiger charge is -2.14. The zero-order valence-corrected chi connectivity index (χ0v) is 10.4. The summed E-state index contributed by atoms with van der Waals surface area (Å²) in [5.41, 5.74) is 0. The second-order valence-electron chi connectivity index (χ2n) is 5.33. The van der Waals surface area contributed by atoms with Crippen molar-refractivity contribution in [1.29, 1.82) is 0 Å². The van der Waals surface area contributed by atoms with Crippen LogP contribution in [0.5, 0.6) is 0 Å². The molecule has 0 saturated heterocycles. The Morgan fingerprint density at radius 1 is 1.44 bits per heavy atom. The molecule has 90 valence electrons. The highest BCUT2D eigenvalue weighted by Crippen LogP contribution is 2.24. The minimum absolute atomic E-state index is 0.668. The molecule has 3 nitrogen and oxygen atoms in total. The molecular weight excluding hydrogens is 198 g/mol. The van der Waals surface area contributed by atoms with Gasteiger partial charge in [0.1, 0.15) is 0 Å². The first-order valence-electron chi connectivity index (χ1n) is 6.50. The van der Waals surface area contributed by atoms with Gasteiger partial charge in [-0.05, 0) is 24.7 Å². The maximum absolute atomic E-state index is 4.38. The summed E-state index contributed by atoms with van der Waals surface area (Å²) in [6, 6.07) is 0. The number of hydrogen-bond acceptors (Lipinski definition) is 2. The molecule has 3 heteroatoms. The second-order valence-corrected chi connectivity index (χ2v) is 5.33. The largest absolute Gasteiger partial charge is 0.355 e. The van der Waals surface area contributed by atoms with Crippen LogP contribution in [0.15, 0.2) is 12.4 Å². The van der Waals surface area contributed by atoms with Crippen molar-refractivity contribution in [3.8, 4) is 0 Å². The summed E-state index contributed by atoms with van der Waals surface area (Å²) in [6.45, 7) is 6.61. The van der Waals surface area contributed by atoms with E-state index in [1.54, 1.807) is 0 Å². The summed E-state index contributed by atoms with van der Waals surface area (Å²) in [4.78, 5) is 4.38. The smallest absolute Gasteiger partial charge is 0.202 e. The Morgan fingerprint density at radius 2 is 2.19 bits per heavy atom. The first kappa shape index (κ1) is 11.5. The summed E-state index contributed by atoms with van der Waals surface area (Å²) in [7, 11) is 0. The van der Waals surface area contributed by atoms with Crippen LogP contribution >= 0.6 is 0 Å². The van der Waals surface area contributed by atoms with Crippen molar-refractivity contribution in [2.75, 3.05) is 11.9 Å². The van der Waals surface area contributed by atoms with E-state index < -0.39 is 0 Å². The first-order valence-corrected chi connectivity index (χ1v) is 6.50. The molecule has 1 N–H and O–H groups in total. The van der Waals surface area contributed by atoms with Crippen molar-refractivity contribution in [3.05, 3.63) is 12.4 Å². The van der Waals surface area contributed by atoms with Crippen molar-refractivity contribution >= 4 is 5.95 Å². The zero-order chi connectivity index (χ0) is 11.4. The van der Waals surface area contributed by atoms with Crippen LogP contribution in [-0.2, 0) is 6.54 Å². The fourth-order valence-corrected chi connectivity index (χ4v) is 2.47. The average molecular weight is 221 g/mol. The van der Waals surface area contributed by atoms with E-state index in [4.69, 9.17) is 0 Å². The van der Waals surface area contributed by atoms with Crippen LogP contribution in [0.25, 0.3) is 0 Å². The summed E-state index contributed by atoms with van der Waals surface area (Å²) in [5.74, 6) is 2.58.